The molecule has 4 rings (SSSR count). The van der Waals surface area contributed by atoms with Gasteiger partial charge in [-0.25, -0.2) is 9.97 Å². The summed E-state index contributed by atoms with van der Waals surface area (Å²) >= 11 is 0. The largest absolute Gasteiger partial charge is 0.371 e. The van der Waals surface area contributed by atoms with Crippen LogP contribution < -0.4 is 10.2 Å². The first kappa shape index (κ1) is 18.2. The predicted molar refractivity (Wildman–Crippen MR) is 111 cm³/mol. The van der Waals surface area contributed by atoms with Crippen molar-refractivity contribution in [2.75, 3.05) is 29.9 Å². The van der Waals surface area contributed by atoms with Gasteiger partial charge < -0.3 is 10.2 Å². The number of pyridine rings is 2. The van der Waals surface area contributed by atoms with Crippen molar-refractivity contribution < 1.29 is 4.92 Å². The van der Waals surface area contributed by atoms with Crippen LogP contribution in [-0.2, 0) is 0 Å². The van der Waals surface area contributed by atoms with Gasteiger partial charge in [0.25, 0.3) is 5.69 Å². The molecule has 0 bridgehead atoms. The number of benzene rings is 1. The van der Waals surface area contributed by atoms with Gasteiger partial charge in [0.15, 0.2) is 5.52 Å². The van der Waals surface area contributed by atoms with Crippen LogP contribution in [0.4, 0.5) is 17.2 Å². The molecule has 0 saturated carbocycles. The minimum Gasteiger partial charge on any atom is -0.371 e. The zero-order valence-corrected chi connectivity index (χ0v) is 16.1. The maximum absolute atomic E-state index is 11.4. The van der Waals surface area contributed by atoms with Gasteiger partial charge in [0.2, 0.25) is 0 Å². The van der Waals surface area contributed by atoms with E-state index in [1.165, 1.54) is 6.07 Å². The van der Waals surface area contributed by atoms with E-state index in [9.17, 15) is 10.1 Å². The molecule has 7 heteroatoms. The third-order valence-corrected chi connectivity index (χ3v) is 5.21. The molecule has 1 saturated heterocycles. The summed E-state index contributed by atoms with van der Waals surface area (Å²) in [7, 11) is 0. The average Bonchev–Trinajstić information content (AvgIpc) is 3.14. The van der Waals surface area contributed by atoms with Crippen molar-refractivity contribution in [3.05, 3.63) is 64.0 Å². The number of para-hydroxylation sites is 1. The summed E-state index contributed by atoms with van der Waals surface area (Å²) in [5.74, 6) is 1.39. The van der Waals surface area contributed by atoms with Crippen LogP contribution in [0.2, 0.25) is 0 Å². The van der Waals surface area contributed by atoms with Crippen LogP contribution >= 0.6 is 0 Å². The molecule has 144 valence electrons. The Balaban J connectivity index is 1.54. The van der Waals surface area contributed by atoms with Gasteiger partial charge in [0.05, 0.1) is 4.92 Å². The maximum Gasteiger partial charge on any atom is 0.295 e. The molecule has 1 fully saturated rings. The highest BCUT2D eigenvalue weighted by atomic mass is 16.6. The molecule has 3 heterocycles. The smallest absolute Gasteiger partial charge is 0.295 e. The van der Waals surface area contributed by atoms with Gasteiger partial charge in [-0.15, -0.1) is 0 Å². The van der Waals surface area contributed by atoms with E-state index in [4.69, 9.17) is 0 Å². The molecule has 1 aromatic carbocycles. The van der Waals surface area contributed by atoms with Crippen molar-refractivity contribution in [1.82, 2.24) is 9.97 Å². The lowest BCUT2D eigenvalue weighted by molar-refractivity contribution is -0.383. The van der Waals surface area contributed by atoms with E-state index in [0.717, 1.165) is 54.3 Å². The Bertz CT molecular complexity index is 1040. The first-order chi connectivity index (χ1) is 13.5. The van der Waals surface area contributed by atoms with Gasteiger partial charge >= 0.3 is 0 Å². The second kappa shape index (κ2) is 7.42. The molecule has 0 radical (unpaired) electrons. The number of nitro groups is 1. The van der Waals surface area contributed by atoms with E-state index >= 15 is 0 Å². The number of rotatable bonds is 5. The summed E-state index contributed by atoms with van der Waals surface area (Å²) in [6.07, 6.45) is 1.07. The number of hydrogen-bond donors (Lipinski definition) is 1. The molecule has 1 N–H and O–H groups in total. The minimum absolute atomic E-state index is 0.0605. The van der Waals surface area contributed by atoms with Crippen molar-refractivity contribution in [1.29, 1.82) is 0 Å². The Morgan fingerprint density at radius 3 is 2.79 bits per heavy atom. The van der Waals surface area contributed by atoms with Crippen LogP contribution in [0.1, 0.15) is 17.8 Å². The fourth-order valence-electron chi connectivity index (χ4n) is 3.86. The number of nitro benzene ring substituents is 1. The quantitative estimate of drug-likeness (QED) is 0.532. The summed E-state index contributed by atoms with van der Waals surface area (Å²) < 4.78 is 0. The molecule has 1 aliphatic rings. The van der Waals surface area contributed by atoms with Crippen molar-refractivity contribution >= 4 is 28.1 Å². The van der Waals surface area contributed by atoms with Gasteiger partial charge in [-0.2, -0.15) is 0 Å². The molecule has 1 aliphatic heterocycles. The molecular weight excluding hydrogens is 354 g/mol. The van der Waals surface area contributed by atoms with Crippen molar-refractivity contribution in [2.45, 2.75) is 20.3 Å². The first-order valence-electron chi connectivity index (χ1n) is 9.48. The van der Waals surface area contributed by atoms with Crippen LogP contribution in [-0.4, -0.2) is 34.5 Å². The second-order valence-corrected chi connectivity index (χ2v) is 7.36. The molecule has 0 amide bonds. The highest BCUT2D eigenvalue weighted by Gasteiger charge is 2.25. The highest BCUT2D eigenvalue weighted by molar-refractivity contribution is 5.97. The lowest BCUT2D eigenvalue weighted by Crippen LogP contribution is -2.23. The normalized spacial score (nSPS) is 16.5. The SMILES string of the molecule is Cc1cccc(NCC2CCN(c3cc(C)nc4c([N+](=O)[O-])cccc34)C2)n1. The van der Waals surface area contributed by atoms with Crippen LogP contribution in [0.5, 0.6) is 0 Å². The molecule has 28 heavy (non-hydrogen) atoms. The topological polar surface area (TPSA) is 84.2 Å². The number of anilines is 2. The molecule has 1 unspecified atom stereocenters. The molecule has 1 atom stereocenters. The molecule has 0 spiro atoms. The van der Waals surface area contributed by atoms with Gasteiger partial charge in [0.1, 0.15) is 5.82 Å². The van der Waals surface area contributed by atoms with Gasteiger partial charge in [-0.1, -0.05) is 18.2 Å². The molecular formula is C21H23N5O2. The first-order valence-corrected chi connectivity index (χ1v) is 9.48. The van der Waals surface area contributed by atoms with E-state index in [0.29, 0.717) is 11.4 Å². The van der Waals surface area contributed by atoms with Gasteiger partial charge in [-0.3, -0.25) is 10.1 Å². The zero-order chi connectivity index (χ0) is 19.7. The van der Waals surface area contributed by atoms with E-state index in [-0.39, 0.29) is 10.6 Å². The Labute approximate surface area is 163 Å². The average molecular weight is 377 g/mol. The van der Waals surface area contributed by atoms with E-state index < -0.39 is 0 Å². The van der Waals surface area contributed by atoms with E-state index in [1.807, 2.05) is 44.2 Å². The predicted octanol–water partition coefficient (Wildman–Crippen LogP) is 4.09. The van der Waals surface area contributed by atoms with Crippen molar-refractivity contribution in [3.63, 3.8) is 0 Å². The summed E-state index contributed by atoms with van der Waals surface area (Å²) in [4.78, 5) is 22.3. The summed E-state index contributed by atoms with van der Waals surface area (Å²) in [5, 5.41) is 15.7. The van der Waals surface area contributed by atoms with Crippen molar-refractivity contribution in [2.24, 2.45) is 5.92 Å². The number of nitrogens with zero attached hydrogens (tertiary/aromatic N) is 4. The second-order valence-electron chi connectivity index (χ2n) is 7.36. The molecule has 7 nitrogen and oxygen atoms in total. The lowest BCUT2D eigenvalue weighted by Gasteiger charge is -2.21. The Morgan fingerprint density at radius 2 is 2.00 bits per heavy atom. The standard InChI is InChI=1S/C21H23N5O2/c1-14-5-3-8-20(23-14)22-12-16-9-10-25(13-16)19-11-15(2)24-21-17(19)6-4-7-18(21)26(27)28/h3-8,11,16H,9-10,12-13H2,1-2H3,(H,22,23). The zero-order valence-electron chi connectivity index (χ0n) is 16.1. The Morgan fingerprint density at radius 1 is 1.18 bits per heavy atom. The van der Waals surface area contributed by atoms with Crippen LogP contribution in [0.25, 0.3) is 10.9 Å². The summed E-state index contributed by atoms with van der Waals surface area (Å²) in [6, 6.07) is 13.2. The summed E-state index contributed by atoms with van der Waals surface area (Å²) in [6.45, 7) is 6.56. The fourth-order valence-corrected chi connectivity index (χ4v) is 3.86. The number of non-ortho nitro benzene ring substituents is 1. The molecule has 2 aromatic heterocycles. The van der Waals surface area contributed by atoms with E-state index in [2.05, 4.69) is 20.2 Å². The number of fused-ring (bicyclic) bond motifs is 1. The van der Waals surface area contributed by atoms with E-state index in [1.54, 1.807) is 6.07 Å². The number of aryl methyl sites for hydroxylation is 2. The number of nitrogens with one attached hydrogen (secondary N) is 1. The van der Waals surface area contributed by atoms with Gasteiger partial charge in [0, 0.05) is 48.2 Å². The lowest BCUT2D eigenvalue weighted by atomic mass is 10.1. The summed E-state index contributed by atoms with van der Waals surface area (Å²) in [5.41, 5.74) is 3.35. The third kappa shape index (κ3) is 3.60. The van der Waals surface area contributed by atoms with Crippen LogP contribution in [0, 0.1) is 29.9 Å². The molecule has 3 aromatic rings. The monoisotopic (exact) mass is 377 g/mol. The minimum atomic E-state index is -0.357. The van der Waals surface area contributed by atoms with Crippen LogP contribution in [0.15, 0.2) is 42.5 Å². The third-order valence-electron chi connectivity index (χ3n) is 5.21. The highest BCUT2D eigenvalue weighted by Crippen LogP contribution is 2.34. The maximum atomic E-state index is 11.4. The number of hydrogen-bond acceptors (Lipinski definition) is 6. The van der Waals surface area contributed by atoms with Crippen molar-refractivity contribution in [3.8, 4) is 0 Å². The Hall–Kier alpha value is -3.22. The molecule has 0 aliphatic carbocycles. The fraction of sp³-hybridized carbons (Fsp3) is 0.333. The van der Waals surface area contributed by atoms with Crippen LogP contribution in [0.3, 0.4) is 0 Å². The number of aromatic nitrogens is 2. The Kier molecular flexibility index (Phi) is 4.81. The van der Waals surface area contributed by atoms with Gasteiger partial charge in [-0.05, 0) is 44.4 Å².